The van der Waals surface area contributed by atoms with Crippen LogP contribution in [0, 0.1) is 0 Å². The zero-order chi connectivity index (χ0) is 12.1. The highest BCUT2D eigenvalue weighted by Gasteiger charge is 2.35. The third kappa shape index (κ3) is 3.08. The third-order valence-electron chi connectivity index (χ3n) is 2.75. The second-order valence-electron chi connectivity index (χ2n) is 4.05. The van der Waals surface area contributed by atoms with E-state index in [1.807, 2.05) is 0 Å². The van der Waals surface area contributed by atoms with Gasteiger partial charge in [0.05, 0.1) is 0 Å². The van der Waals surface area contributed by atoms with Crippen molar-refractivity contribution < 1.29 is 0 Å². The molecule has 0 bridgehead atoms. The molecule has 1 heterocycles. The molecule has 1 aliphatic heterocycles. The van der Waals surface area contributed by atoms with Crippen molar-refractivity contribution in [1.29, 1.82) is 0 Å². The molecule has 0 aromatic heterocycles. The van der Waals surface area contributed by atoms with Crippen LogP contribution in [0.1, 0.15) is 39.5 Å². The van der Waals surface area contributed by atoms with Gasteiger partial charge in [-0.1, -0.05) is 38.9 Å². The van der Waals surface area contributed by atoms with Crippen LogP contribution in [0.15, 0.2) is 0 Å². The molecular formula is C11H20N2S3. The van der Waals surface area contributed by atoms with Crippen molar-refractivity contribution in [1.82, 2.24) is 9.80 Å². The highest BCUT2D eigenvalue weighted by Crippen LogP contribution is 2.23. The van der Waals surface area contributed by atoms with Gasteiger partial charge < -0.3 is 9.80 Å². The number of unbranched alkanes of at least 4 members (excludes halogenated alkanes) is 2. The minimum absolute atomic E-state index is 0.00547. The molecule has 16 heavy (non-hydrogen) atoms. The lowest BCUT2D eigenvalue weighted by Gasteiger charge is -2.21. The summed E-state index contributed by atoms with van der Waals surface area (Å²) in [6.07, 6.45) is 4.60. The summed E-state index contributed by atoms with van der Waals surface area (Å²) in [6.45, 7) is 6.26. The van der Waals surface area contributed by atoms with E-state index in [0.29, 0.717) is 0 Å². The Balaban J connectivity index is 2.62. The monoisotopic (exact) mass is 276 g/mol. The molecule has 0 spiro atoms. The summed E-state index contributed by atoms with van der Waals surface area (Å²) in [7, 11) is 0. The topological polar surface area (TPSA) is 6.48 Å². The molecule has 0 radical (unpaired) electrons. The van der Waals surface area contributed by atoms with Gasteiger partial charge in [0.1, 0.15) is 10.4 Å². The van der Waals surface area contributed by atoms with E-state index in [-0.39, 0.29) is 5.37 Å². The minimum Gasteiger partial charge on any atom is -0.331 e. The summed E-state index contributed by atoms with van der Waals surface area (Å²) in [4.78, 5) is 5.08. The van der Waals surface area contributed by atoms with Gasteiger partial charge in [0.2, 0.25) is 0 Å². The van der Waals surface area contributed by atoms with E-state index in [9.17, 15) is 0 Å². The van der Waals surface area contributed by atoms with E-state index in [1.54, 1.807) is 0 Å². The lowest BCUT2D eigenvalue weighted by atomic mass is 10.3. The van der Waals surface area contributed by atoms with Crippen molar-refractivity contribution in [2.45, 2.75) is 44.9 Å². The minimum atomic E-state index is 0.00547. The van der Waals surface area contributed by atoms with E-state index < -0.39 is 0 Å². The molecular weight excluding hydrogens is 256 g/mol. The van der Waals surface area contributed by atoms with Crippen LogP contribution in [0.4, 0.5) is 0 Å². The fourth-order valence-electron chi connectivity index (χ4n) is 1.70. The van der Waals surface area contributed by atoms with Crippen molar-refractivity contribution in [3.63, 3.8) is 0 Å². The molecule has 1 fully saturated rings. The summed E-state index contributed by atoms with van der Waals surface area (Å²) < 4.78 is 0. The molecule has 0 N–H and O–H groups in total. The van der Waals surface area contributed by atoms with Gasteiger partial charge in [-0.25, -0.2) is 0 Å². The van der Waals surface area contributed by atoms with E-state index >= 15 is 0 Å². The van der Waals surface area contributed by atoms with Crippen LogP contribution in [0.5, 0.6) is 0 Å². The molecule has 1 atom stereocenters. The lowest BCUT2D eigenvalue weighted by Crippen LogP contribution is -2.34. The summed E-state index contributed by atoms with van der Waals surface area (Å²) >= 11 is 15.4. The molecule has 1 rings (SSSR count). The molecule has 1 unspecified atom stereocenters. The Bertz CT molecular complexity index is 268. The van der Waals surface area contributed by atoms with Crippen molar-refractivity contribution in [3.8, 4) is 0 Å². The summed E-state index contributed by atoms with van der Waals surface area (Å²) in [6, 6.07) is 0. The quantitative estimate of drug-likeness (QED) is 0.588. The molecule has 0 saturated carbocycles. The zero-order valence-electron chi connectivity index (χ0n) is 9.98. The molecule has 0 aromatic rings. The molecule has 92 valence electrons. The Labute approximate surface area is 115 Å². The van der Waals surface area contributed by atoms with Gasteiger partial charge in [0.25, 0.3) is 0 Å². The van der Waals surface area contributed by atoms with Crippen LogP contribution < -0.4 is 0 Å². The average Bonchev–Trinajstić information content (AvgIpc) is 2.47. The number of rotatable bonds is 6. The van der Waals surface area contributed by atoms with Crippen molar-refractivity contribution >= 4 is 47.2 Å². The van der Waals surface area contributed by atoms with E-state index in [4.69, 9.17) is 24.4 Å². The van der Waals surface area contributed by atoms with Gasteiger partial charge in [-0.05, 0) is 25.1 Å². The van der Waals surface area contributed by atoms with Crippen LogP contribution in [-0.2, 0) is 0 Å². The van der Waals surface area contributed by atoms with Crippen LogP contribution in [0.25, 0.3) is 0 Å². The van der Waals surface area contributed by atoms with E-state index in [2.05, 4.69) is 36.3 Å². The summed E-state index contributed by atoms with van der Waals surface area (Å²) in [5.41, 5.74) is 0. The van der Waals surface area contributed by atoms with Gasteiger partial charge in [0.15, 0.2) is 5.11 Å². The number of hydrogen-bond donors (Lipinski definition) is 1. The van der Waals surface area contributed by atoms with Crippen LogP contribution in [-0.4, -0.2) is 38.4 Å². The fourth-order valence-corrected chi connectivity index (χ4v) is 2.89. The molecule has 0 aliphatic carbocycles. The standard InChI is InChI=1S/C11H20N2S3/c1-3-5-7-12-9(14)10(15)13(11(12)16)8-6-4-2/h9,14H,3-8H2,1-2H3. The first-order chi connectivity index (χ1) is 7.63. The molecule has 1 saturated heterocycles. The molecule has 0 aromatic carbocycles. The van der Waals surface area contributed by atoms with Crippen molar-refractivity contribution in [3.05, 3.63) is 0 Å². The molecule has 1 aliphatic rings. The SMILES string of the molecule is CCCCN1C(=S)C(S)N(CCCC)C1=S. The Morgan fingerprint density at radius 1 is 1.12 bits per heavy atom. The highest BCUT2D eigenvalue weighted by atomic mass is 32.1. The second-order valence-corrected chi connectivity index (χ2v) is 5.32. The number of thiol groups is 1. The smallest absolute Gasteiger partial charge is 0.177 e. The van der Waals surface area contributed by atoms with Gasteiger partial charge in [-0.15, -0.1) is 12.6 Å². The van der Waals surface area contributed by atoms with Gasteiger partial charge >= 0.3 is 0 Å². The maximum absolute atomic E-state index is 5.46. The Hall–Kier alpha value is 0.130. The summed E-state index contributed by atoms with van der Waals surface area (Å²) in [5.74, 6) is 0. The number of hydrogen-bond acceptors (Lipinski definition) is 3. The van der Waals surface area contributed by atoms with Gasteiger partial charge in [-0.3, -0.25) is 0 Å². The fraction of sp³-hybridized carbons (Fsp3) is 0.818. The Morgan fingerprint density at radius 3 is 2.25 bits per heavy atom. The first kappa shape index (κ1) is 14.2. The zero-order valence-corrected chi connectivity index (χ0v) is 12.5. The number of thiocarbonyl (C=S) groups is 2. The lowest BCUT2D eigenvalue weighted by molar-refractivity contribution is 0.442. The van der Waals surface area contributed by atoms with E-state index in [0.717, 1.165) is 42.5 Å². The Kier molecular flexibility index (Phi) is 6.00. The van der Waals surface area contributed by atoms with Crippen molar-refractivity contribution in [2.75, 3.05) is 13.1 Å². The highest BCUT2D eigenvalue weighted by molar-refractivity contribution is 7.87. The van der Waals surface area contributed by atoms with Crippen LogP contribution in [0.2, 0.25) is 0 Å². The third-order valence-corrected chi connectivity index (χ3v) is 4.34. The molecule has 5 heteroatoms. The summed E-state index contributed by atoms with van der Waals surface area (Å²) in [5, 5.41) is 0.873. The first-order valence-corrected chi connectivity index (χ1v) is 7.26. The van der Waals surface area contributed by atoms with Crippen molar-refractivity contribution in [2.24, 2.45) is 0 Å². The largest absolute Gasteiger partial charge is 0.331 e. The molecule has 2 nitrogen and oxygen atoms in total. The maximum atomic E-state index is 5.46. The van der Waals surface area contributed by atoms with E-state index in [1.165, 1.54) is 6.42 Å². The number of nitrogens with zero attached hydrogens (tertiary/aromatic N) is 2. The van der Waals surface area contributed by atoms with Gasteiger partial charge in [-0.2, -0.15) is 0 Å². The predicted molar refractivity (Wildman–Crippen MR) is 81.2 cm³/mol. The normalized spacial score (nSPS) is 21.1. The molecule has 0 amide bonds. The predicted octanol–water partition coefficient (Wildman–Crippen LogP) is 3.07. The average molecular weight is 276 g/mol. The van der Waals surface area contributed by atoms with Crippen LogP contribution >= 0.6 is 37.1 Å². The first-order valence-electron chi connectivity index (χ1n) is 5.93. The maximum Gasteiger partial charge on any atom is 0.177 e. The van der Waals surface area contributed by atoms with Crippen LogP contribution in [0.3, 0.4) is 0 Å². The Morgan fingerprint density at radius 2 is 1.69 bits per heavy atom. The van der Waals surface area contributed by atoms with Gasteiger partial charge in [0, 0.05) is 13.1 Å². The second kappa shape index (κ2) is 6.77.